The molecule has 0 unspecified atom stereocenters. The van der Waals surface area contributed by atoms with Gasteiger partial charge >= 0.3 is 0 Å². The third-order valence-electron chi connectivity index (χ3n) is 5.07. The van der Waals surface area contributed by atoms with E-state index in [9.17, 15) is 9.18 Å². The summed E-state index contributed by atoms with van der Waals surface area (Å²) in [4.78, 5) is 16.4. The quantitative estimate of drug-likeness (QED) is 0.357. The van der Waals surface area contributed by atoms with Gasteiger partial charge in [-0.2, -0.15) is 0 Å². The highest BCUT2D eigenvalue weighted by Crippen LogP contribution is 2.17. The van der Waals surface area contributed by atoms with Crippen LogP contribution >= 0.6 is 0 Å². The molecule has 1 N–H and O–H groups in total. The van der Waals surface area contributed by atoms with Crippen molar-refractivity contribution in [3.05, 3.63) is 89.7 Å². The van der Waals surface area contributed by atoms with E-state index in [4.69, 9.17) is 9.15 Å². The van der Waals surface area contributed by atoms with Crippen LogP contribution in [-0.4, -0.2) is 25.9 Å². The number of benzene rings is 2. The van der Waals surface area contributed by atoms with Gasteiger partial charge in [-0.3, -0.25) is 9.48 Å². The van der Waals surface area contributed by atoms with E-state index in [0.29, 0.717) is 17.0 Å². The Hall–Kier alpha value is -4.01. The van der Waals surface area contributed by atoms with Gasteiger partial charge in [0.15, 0.2) is 12.3 Å². The molecule has 1 amide bonds. The Balaban J connectivity index is 1.22. The minimum Gasteiger partial charge on any atom is -0.484 e. The first-order valence-electron chi connectivity index (χ1n) is 10.6. The lowest BCUT2D eigenvalue weighted by Gasteiger charge is -2.06. The first-order chi connectivity index (χ1) is 16.1. The fourth-order valence-corrected chi connectivity index (χ4v) is 3.20. The van der Waals surface area contributed by atoms with Crippen molar-refractivity contribution in [2.24, 2.45) is 0 Å². The Labute approximate surface area is 190 Å². The smallest absolute Gasteiger partial charge is 0.277 e. The van der Waals surface area contributed by atoms with Crippen LogP contribution in [-0.2, 0) is 19.6 Å². The van der Waals surface area contributed by atoms with E-state index < -0.39 is 5.91 Å². The summed E-state index contributed by atoms with van der Waals surface area (Å²) >= 11 is 0. The minimum atomic E-state index is -0.485. The third-order valence-corrected chi connectivity index (χ3v) is 5.07. The highest BCUT2D eigenvalue weighted by Gasteiger charge is 2.13. The number of halogens is 1. The molecule has 2 heterocycles. The molecule has 8 nitrogen and oxygen atoms in total. The molecule has 9 heteroatoms. The topological polar surface area (TPSA) is 95.1 Å². The van der Waals surface area contributed by atoms with Crippen molar-refractivity contribution in [2.45, 2.75) is 39.3 Å². The number of nitrogens with zero attached hydrogens (tertiary/aromatic N) is 4. The van der Waals surface area contributed by atoms with E-state index in [2.05, 4.69) is 20.6 Å². The Morgan fingerprint density at radius 2 is 2.03 bits per heavy atom. The van der Waals surface area contributed by atoms with Crippen LogP contribution in [0, 0.1) is 12.7 Å². The summed E-state index contributed by atoms with van der Waals surface area (Å²) in [6.07, 6.45) is 7.84. The van der Waals surface area contributed by atoms with E-state index in [1.54, 1.807) is 25.3 Å². The summed E-state index contributed by atoms with van der Waals surface area (Å²) in [6, 6.07) is 12.3. The number of aromatic nitrogens is 4. The number of rotatable bonds is 10. The predicted octanol–water partition coefficient (Wildman–Crippen LogP) is 4.57. The van der Waals surface area contributed by atoms with Crippen LogP contribution < -0.4 is 10.1 Å². The Morgan fingerprint density at radius 3 is 2.79 bits per heavy atom. The molecule has 0 radical (unpaired) electrons. The van der Waals surface area contributed by atoms with Gasteiger partial charge in [-0.25, -0.2) is 9.37 Å². The van der Waals surface area contributed by atoms with E-state index in [1.807, 2.05) is 35.1 Å². The van der Waals surface area contributed by atoms with Crippen molar-refractivity contribution in [3.8, 4) is 5.75 Å². The Morgan fingerprint density at radius 1 is 1.18 bits per heavy atom. The molecule has 2 aromatic heterocycles. The molecule has 0 bridgehead atoms. The summed E-state index contributed by atoms with van der Waals surface area (Å²) in [6.45, 7) is 2.60. The van der Waals surface area contributed by atoms with E-state index in [0.717, 1.165) is 25.8 Å². The molecule has 2 aromatic carbocycles. The van der Waals surface area contributed by atoms with Gasteiger partial charge in [0, 0.05) is 18.4 Å². The molecule has 4 rings (SSSR count). The van der Waals surface area contributed by atoms with Gasteiger partial charge < -0.3 is 14.5 Å². The van der Waals surface area contributed by atoms with Gasteiger partial charge in [-0.1, -0.05) is 23.4 Å². The minimum absolute atomic E-state index is 0.0870. The third kappa shape index (κ3) is 6.25. The first-order valence-corrected chi connectivity index (χ1v) is 10.6. The molecule has 4 aromatic rings. The SMILES string of the molecule is Cc1ccc(NC(=O)c2coc(COc3ccc(CCCCn4ccnn4)cc3)n2)cc1F. The monoisotopic (exact) mass is 449 g/mol. The standard InChI is InChI=1S/C24H24FN5O3/c1-17-5-8-19(14-21(17)25)27-24(31)22-15-33-23(28-22)16-32-20-9-6-18(7-10-20)4-2-3-12-30-13-11-26-29-30/h5-11,13-15H,2-4,12,16H2,1H3,(H,27,31). The van der Waals surface area contributed by atoms with E-state index >= 15 is 0 Å². The number of carbonyl (C=O) groups is 1. The number of anilines is 1. The molecule has 0 fully saturated rings. The van der Waals surface area contributed by atoms with Gasteiger partial charge in [0.25, 0.3) is 5.91 Å². The van der Waals surface area contributed by atoms with Crippen molar-refractivity contribution in [2.75, 3.05) is 5.32 Å². The predicted molar refractivity (Wildman–Crippen MR) is 119 cm³/mol. The van der Waals surface area contributed by atoms with Crippen molar-refractivity contribution in [1.82, 2.24) is 20.0 Å². The number of hydrogen-bond donors (Lipinski definition) is 1. The molecule has 0 atom stereocenters. The fraction of sp³-hybridized carbons (Fsp3) is 0.250. The van der Waals surface area contributed by atoms with Crippen LogP contribution in [0.3, 0.4) is 0 Å². The Bertz CT molecular complexity index is 1190. The maximum Gasteiger partial charge on any atom is 0.277 e. The molecule has 0 aliphatic carbocycles. The van der Waals surface area contributed by atoms with E-state index in [1.165, 1.54) is 17.9 Å². The highest BCUT2D eigenvalue weighted by atomic mass is 19.1. The largest absolute Gasteiger partial charge is 0.484 e. The van der Waals surface area contributed by atoms with Crippen LogP contribution in [0.2, 0.25) is 0 Å². The number of unbranched alkanes of at least 4 members (excludes halogenated alkanes) is 1. The normalized spacial score (nSPS) is 10.8. The lowest BCUT2D eigenvalue weighted by Crippen LogP contribution is -2.12. The lowest BCUT2D eigenvalue weighted by atomic mass is 10.1. The number of hydrogen-bond acceptors (Lipinski definition) is 6. The molecule has 170 valence electrons. The number of ether oxygens (including phenoxy) is 1. The lowest BCUT2D eigenvalue weighted by molar-refractivity contribution is 0.102. The average Bonchev–Trinajstić information content (AvgIpc) is 3.51. The second-order valence-corrected chi connectivity index (χ2v) is 7.60. The maximum absolute atomic E-state index is 13.6. The van der Waals surface area contributed by atoms with Crippen LogP contribution in [0.5, 0.6) is 5.75 Å². The van der Waals surface area contributed by atoms with Crippen molar-refractivity contribution in [1.29, 1.82) is 0 Å². The molecular formula is C24H24FN5O3. The number of carbonyl (C=O) groups excluding carboxylic acids is 1. The summed E-state index contributed by atoms with van der Waals surface area (Å²) in [5.74, 6) is 0.0781. The first kappa shape index (κ1) is 22.2. The summed E-state index contributed by atoms with van der Waals surface area (Å²) in [5.41, 5.74) is 2.17. The van der Waals surface area contributed by atoms with Gasteiger partial charge in [-0.15, -0.1) is 5.10 Å². The zero-order valence-electron chi connectivity index (χ0n) is 18.2. The average molecular weight is 449 g/mol. The summed E-state index contributed by atoms with van der Waals surface area (Å²) < 4.78 is 26.5. The highest BCUT2D eigenvalue weighted by molar-refractivity contribution is 6.02. The van der Waals surface area contributed by atoms with Crippen LogP contribution in [0.15, 0.2) is 65.5 Å². The van der Waals surface area contributed by atoms with Crippen LogP contribution in [0.1, 0.15) is 40.3 Å². The van der Waals surface area contributed by atoms with Gasteiger partial charge in [0.2, 0.25) is 5.89 Å². The second-order valence-electron chi connectivity index (χ2n) is 7.60. The van der Waals surface area contributed by atoms with Crippen LogP contribution in [0.25, 0.3) is 0 Å². The number of nitrogens with one attached hydrogen (secondary N) is 1. The zero-order chi connectivity index (χ0) is 23.0. The Kier molecular flexibility index (Phi) is 7.09. The fourth-order valence-electron chi connectivity index (χ4n) is 3.20. The van der Waals surface area contributed by atoms with Crippen molar-refractivity contribution in [3.63, 3.8) is 0 Å². The van der Waals surface area contributed by atoms with Crippen molar-refractivity contribution >= 4 is 11.6 Å². The molecule has 0 saturated carbocycles. The summed E-state index contributed by atoms with van der Waals surface area (Å²) in [7, 11) is 0. The molecule has 0 saturated heterocycles. The van der Waals surface area contributed by atoms with Crippen molar-refractivity contribution < 1.29 is 18.3 Å². The molecule has 0 aliphatic rings. The number of oxazole rings is 1. The number of amides is 1. The second kappa shape index (κ2) is 10.5. The van der Waals surface area contributed by atoms with Gasteiger partial charge in [0.05, 0.1) is 6.20 Å². The molecule has 0 aliphatic heterocycles. The van der Waals surface area contributed by atoms with Gasteiger partial charge in [-0.05, 0) is 61.6 Å². The van der Waals surface area contributed by atoms with E-state index in [-0.39, 0.29) is 24.0 Å². The van der Waals surface area contributed by atoms with Gasteiger partial charge in [0.1, 0.15) is 17.8 Å². The molecular weight excluding hydrogens is 425 g/mol. The zero-order valence-corrected chi connectivity index (χ0v) is 18.2. The van der Waals surface area contributed by atoms with Crippen LogP contribution in [0.4, 0.5) is 10.1 Å². The number of aryl methyl sites for hydroxylation is 3. The summed E-state index contributed by atoms with van der Waals surface area (Å²) in [5, 5.41) is 10.3. The maximum atomic E-state index is 13.6. The molecule has 33 heavy (non-hydrogen) atoms. The molecule has 0 spiro atoms.